The highest BCUT2D eigenvalue weighted by Gasteiger charge is 2.46. The number of methoxy groups -OCH3 is 3. The molecule has 0 aromatic heterocycles. The van der Waals surface area contributed by atoms with Gasteiger partial charge in [0.15, 0.2) is 0 Å². The molecule has 9 atom stereocenters. The lowest BCUT2D eigenvalue weighted by atomic mass is 9.77. The molecular weight excluding hydrogens is 426 g/mol. The molecule has 192 valence electrons. The normalized spacial score (nSPS) is 49.6. The van der Waals surface area contributed by atoms with Crippen LogP contribution in [0.4, 0.5) is 0 Å². The van der Waals surface area contributed by atoms with Crippen LogP contribution in [0.1, 0.15) is 57.8 Å². The van der Waals surface area contributed by atoms with Crippen molar-refractivity contribution in [2.45, 2.75) is 113 Å². The summed E-state index contributed by atoms with van der Waals surface area (Å²) in [7, 11) is 5.13. The van der Waals surface area contributed by atoms with Crippen molar-refractivity contribution in [1.29, 1.82) is 0 Å². The maximum absolute atomic E-state index is 10.9. The molecule has 0 bridgehead atoms. The molecule has 0 spiro atoms. The van der Waals surface area contributed by atoms with E-state index in [4.69, 9.17) is 14.2 Å². The van der Waals surface area contributed by atoms with Gasteiger partial charge in [0.05, 0.1) is 55.1 Å². The number of hydrogen-bond acceptors (Lipinski definition) is 9. The van der Waals surface area contributed by atoms with E-state index in [1.807, 2.05) is 0 Å². The monoisotopic (exact) mass is 471 g/mol. The van der Waals surface area contributed by atoms with E-state index in [9.17, 15) is 15.3 Å². The Balaban J connectivity index is 1.50. The predicted octanol–water partition coefficient (Wildman–Crippen LogP) is 0.275. The van der Waals surface area contributed by atoms with Crippen LogP contribution in [0, 0.1) is 17.8 Å². The first-order valence-electron chi connectivity index (χ1n) is 12.8. The molecular formula is C24H45N3O6. The minimum absolute atomic E-state index is 0.0448. The zero-order chi connectivity index (χ0) is 23.5. The second-order valence-corrected chi connectivity index (χ2v) is 10.6. The molecule has 0 amide bonds. The highest BCUT2D eigenvalue weighted by atomic mass is 16.5. The third-order valence-electron chi connectivity index (χ3n) is 8.82. The highest BCUT2D eigenvalue weighted by Crippen LogP contribution is 2.35. The number of aliphatic hydroxyl groups excluding tert-OH is 3. The predicted molar refractivity (Wildman–Crippen MR) is 123 cm³/mol. The fourth-order valence-electron chi connectivity index (χ4n) is 6.67. The second kappa shape index (κ2) is 11.6. The number of rotatable bonds is 6. The Kier molecular flexibility index (Phi) is 9.03. The van der Waals surface area contributed by atoms with Crippen molar-refractivity contribution in [1.82, 2.24) is 16.0 Å². The minimum Gasteiger partial charge on any atom is -0.393 e. The smallest absolute Gasteiger partial charge is 0.0649 e. The van der Waals surface area contributed by atoms with Crippen molar-refractivity contribution in [3.05, 3.63) is 0 Å². The summed E-state index contributed by atoms with van der Waals surface area (Å²) in [5, 5.41) is 43.9. The van der Waals surface area contributed by atoms with Gasteiger partial charge in [0.2, 0.25) is 0 Å². The molecule has 4 fully saturated rings. The molecule has 1 saturated heterocycles. The fraction of sp³-hybridized carbons (Fsp3) is 1.00. The third-order valence-corrected chi connectivity index (χ3v) is 8.82. The first-order chi connectivity index (χ1) is 15.9. The third kappa shape index (κ3) is 5.90. The van der Waals surface area contributed by atoms with Crippen LogP contribution in [0.3, 0.4) is 0 Å². The summed E-state index contributed by atoms with van der Waals surface area (Å²) in [4.78, 5) is 0. The average Bonchev–Trinajstić information content (AvgIpc) is 2.83. The van der Waals surface area contributed by atoms with E-state index in [-0.39, 0.29) is 54.6 Å². The van der Waals surface area contributed by atoms with Crippen LogP contribution in [-0.4, -0.2) is 91.8 Å². The number of hydrogen-bond donors (Lipinski definition) is 6. The molecule has 1 aliphatic heterocycles. The molecule has 6 N–H and O–H groups in total. The molecule has 9 unspecified atom stereocenters. The Bertz CT molecular complexity index is 528. The van der Waals surface area contributed by atoms with Gasteiger partial charge in [0.1, 0.15) is 0 Å². The summed E-state index contributed by atoms with van der Waals surface area (Å²) >= 11 is 0. The SMILES string of the molecule is COC1CCC(C2NC(C3CCC(OC)CC3O)NC(C3CCC(OC)CC3O)N2)C(O)C1. The van der Waals surface area contributed by atoms with E-state index in [0.29, 0.717) is 19.3 Å². The van der Waals surface area contributed by atoms with E-state index in [0.717, 1.165) is 38.5 Å². The number of aliphatic hydroxyl groups is 3. The zero-order valence-corrected chi connectivity index (χ0v) is 20.4. The topological polar surface area (TPSA) is 124 Å². The molecule has 0 aromatic rings. The lowest BCUT2D eigenvalue weighted by Gasteiger charge is -2.51. The van der Waals surface area contributed by atoms with Crippen molar-refractivity contribution < 1.29 is 29.5 Å². The maximum atomic E-state index is 10.9. The first kappa shape index (κ1) is 25.7. The van der Waals surface area contributed by atoms with Crippen LogP contribution in [0.15, 0.2) is 0 Å². The molecule has 9 heteroatoms. The molecule has 33 heavy (non-hydrogen) atoms. The summed E-state index contributed by atoms with van der Waals surface area (Å²) < 4.78 is 16.5. The van der Waals surface area contributed by atoms with Gasteiger partial charge in [-0.15, -0.1) is 0 Å². The van der Waals surface area contributed by atoms with Crippen LogP contribution in [-0.2, 0) is 14.2 Å². The highest BCUT2D eigenvalue weighted by molar-refractivity contribution is 5.00. The van der Waals surface area contributed by atoms with Gasteiger partial charge in [-0.05, 0) is 57.8 Å². The van der Waals surface area contributed by atoms with Gasteiger partial charge in [0, 0.05) is 39.1 Å². The summed E-state index contributed by atoms with van der Waals surface area (Å²) in [5.74, 6) is 0.134. The van der Waals surface area contributed by atoms with E-state index in [1.54, 1.807) is 21.3 Å². The zero-order valence-electron chi connectivity index (χ0n) is 20.4. The Morgan fingerprint density at radius 1 is 0.485 bits per heavy atom. The summed E-state index contributed by atoms with van der Waals surface area (Å²) in [6.07, 6.45) is 5.85. The van der Waals surface area contributed by atoms with Crippen molar-refractivity contribution in [3.63, 3.8) is 0 Å². The van der Waals surface area contributed by atoms with Gasteiger partial charge in [-0.3, -0.25) is 16.0 Å². The Morgan fingerprint density at radius 2 is 0.758 bits per heavy atom. The number of ether oxygens (including phenoxy) is 3. The summed E-state index contributed by atoms with van der Waals surface area (Å²) in [6.45, 7) is 0. The lowest BCUT2D eigenvalue weighted by Crippen LogP contribution is -2.75. The average molecular weight is 472 g/mol. The molecule has 3 aliphatic carbocycles. The maximum Gasteiger partial charge on any atom is 0.0649 e. The van der Waals surface area contributed by atoms with Crippen LogP contribution in [0.5, 0.6) is 0 Å². The van der Waals surface area contributed by atoms with E-state index < -0.39 is 18.3 Å². The van der Waals surface area contributed by atoms with Gasteiger partial charge >= 0.3 is 0 Å². The largest absolute Gasteiger partial charge is 0.393 e. The van der Waals surface area contributed by atoms with E-state index in [1.165, 1.54) is 0 Å². The van der Waals surface area contributed by atoms with E-state index >= 15 is 0 Å². The summed E-state index contributed by atoms with van der Waals surface area (Å²) in [5.41, 5.74) is 0. The molecule has 4 aliphatic rings. The van der Waals surface area contributed by atoms with Gasteiger partial charge in [-0.25, -0.2) is 0 Å². The van der Waals surface area contributed by atoms with E-state index in [2.05, 4.69) is 16.0 Å². The summed E-state index contributed by atoms with van der Waals surface area (Å²) in [6, 6.07) is 0. The fourth-order valence-corrected chi connectivity index (χ4v) is 6.67. The van der Waals surface area contributed by atoms with Crippen LogP contribution in [0.2, 0.25) is 0 Å². The van der Waals surface area contributed by atoms with Crippen molar-refractivity contribution >= 4 is 0 Å². The molecule has 0 aromatic carbocycles. The molecule has 3 saturated carbocycles. The van der Waals surface area contributed by atoms with Crippen LogP contribution in [0.25, 0.3) is 0 Å². The minimum atomic E-state index is -0.462. The van der Waals surface area contributed by atoms with Gasteiger partial charge < -0.3 is 29.5 Å². The van der Waals surface area contributed by atoms with Crippen LogP contribution >= 0.6 is 0 Å². The Labute approximate surface area is 197 Å². The van der Waals surface area contributed by atoms with Crippen molar-refractivity contribution in [2.75, 3.05) is 21.3 Å². The van der Waals surface area contributed by atoms with Crippen LogP contribution < -0.4 is 16.0 Å². The first-order valence-corrected chi connectivity index (χ1v) is 12.8. The molecule has 1 heterocycles. The molecule has 0 radical (unpaired) electrons. The Morgan fingerprint density at radius 3 is 0.970 bits per heavy atom. The van der Waals surface area contributed by atoms with Gasteiger partial charge in [-0.2, -0.15) is 0 Å². The molecule has 9 nitrogen and oxygen atoms in total. The standard InChI is InChI=1S/C24H45N3O6/c1-31-13-4-7-16(19(28)10-13)22-25-23(17-8-5-14(32-2)11-20(17)29)27-24(26-22)18-9-6-15(33-3)12-21(18)30/h13-30H,4-12H2,1-3H3. The second-order valence-electron chi connectivity index (χ2n) is 10.6. The van der Waals surface area contributed by atoms with Crippen molar-refractivity contribution in [3.8, 4) is 0 Å². The molecule has 4 rings (SSSR count). The quantitative estimate of drug-likeness (QED) is 0.324. The van der Waals surface area contributed by atoms with Gasteiger partial charge in [0.25, 0.3) is 0 Å². The number of nitrogens with one attached hydrogen (secondary N) is 3. The lowest BCUT2D eigenvalue weighted by molar-refractivity contribution is -0.0809. The van der Waals surface area contributed by atoms with Crippen molar-refractivity contribution in [2.24, 2.45) is 17.8 Å². The Hall–Kier alpha value is -0.360. The van der Waals surface area contributed by atoms with Gasteiger partial charge in [-0.1, -0.05) is 0 Å².